The van der Waals surface area contributed by atoms with Crippen molar-refractivity contribution in [3.63, 3.8) is 0 Å². The first kappa shape index (κ1) is 16.0. The number of nitrogens with zero attached hydrogens (tertiary/aromatic N) is 5. The van der Waals surface area contributed by atoms with Crippen LogP contribution < -0.4 is 0 Å². The molecule has 2 aromatic heterocycles. The number of benzene rings is 1. The quantitative estimate of drug-likeness (QED) is 0.723. The van der Waals surface area contributed by atoms with Crippen molar-refractivity contribution < 1.29 is 4.79 Å². The van der Waals surface area contributed by atoms with E-state index >= 15 is 0 Å². The van der Waals surface area contributed by atoms with Crippen LogP contribution in [0.2, 0.25) is 0 Å². The molecule has 0 N–H and O–H groups in total. The number of amides is 1. The molecule has 7 heteroatoms. The lowest BCUT2D eigenvalue weighted by Crippen LogP contribution is -2.33. The third-order valence-corrected chi connectivity index (χ3v) is 5.46. The number of hydrogen-bond donors (Lipinski definition) is 0. The Morgan fingerprint density at radius 2 is 2.12 bits per heavy atom. The van der Waals surface area contributed by atoms with Gasteiger partial charge in [0.1, 0.15) is 6.54 Å². The van der Waals surface area contributed by atoms with Crippen molar-refractivity contribution in [1.29, 1.82) is 0 Å². The van der Waals surface area contributed by atoms with Crippen LogP contribution in [0.1, 0.15) is 29.3 Å². The van der Waals surface area contributed by atoms with Gasteiger partial charge < -0.3 is 4.90 Å². The number of aromatic nitrogens is 4. The summed E-state index contributed by atoms with van der Waals surface area (Å²) in [5.41, 5.74) is 2.09. The highest BCUT2D eigenvalue weighted by atomic mass is 32.1. The molecule has 0 saturated carbocycles. The highest BCUT2D eigenvalue weighted by Gasteiger charge is 2.30. The first-order valence-electron chi connectivity index (χ1n) is 8.38. The highest BCUT2D eigenvalue weighted by molar-refractivity contribution is 7.10. The van der Waals surface area contributed by atoms with E-state index in [0.717, 1.165) is 24.9 Å². The fourth-order valence-electron chi connectivity index (χ4n) is 3.18. The van der Waals surface area contributed by atoms with Crippen molar-refractivity contribution in [3.8, 4) is 11.4 Å². The summed E-state index contributed by atoms with van der Waals surface area (Å²) < 4.78 is 0. The number of tetrazole rings is 1. The number of likely N-dealkylation sites (tertiary alicyclic amines) is 1. The molecule has 1 saturated heterocycles. The minimum Gasteiger partial charge on any atom is -0.333 e. The monoisotopic (exact) mass is 353 g/mol. The molecular weight excluding hydrogens is 334 g/mol. The summed E-state index contributed by atoms with van der Waals surface area (Å²) in [5.74, 6) is 0.591. The van der Waals surface area contributed by atoms with Gasteiger partial charge in [-0.25, -0.2) is 0 Å². The van der Waals surface area contributed by atoms with Crippen molar-refractivity contribution in [2.75, 3.05) is 6.54 Å². The molecule has 0 unspecified atom stereocenters. The van der Waals surface area contributed by atoms with Crippen LogP contribution in [-0.2, 0) is 11.3 Å². The number of carbonyl (C=O) groups excluding carboxylic acids is 1. The average molecular weight is 353 g/mol. The lowest BCUT2D eigenvalue weighted by atomic mass is 10.1. The minimum atomic E-state index is 0.0451. The number of carbonyl (C=O) groups is 1. The maximum atomic E-state index is 12.7. The van der Waals surface area contributed by atoms with Crippen molar-refractivity contribution in [2.45, 2.75) is 32.4 Å². The molecule has 6 nitrogen and oxygen atoms in total. The standard InChI is InChI=1S/C18H19N5OS/c1-13-6-8-14(9-7-13)18-19-21-23(20-18)12-17(24)22-10-2-4-15(22)16-5-3-11-25-16/h3,5-9,11,15H,2,4,10,12H2,1H3/t15-/m1/s1. The summed E-state index contributed by atoms with van der Waals surface area (Å²) in [6.07, 6.45) is 2.05. The van der Waals surface area contributed by atoms with E-state index in [0.29, 0.717) is 5.82 Å². The Balaban J connectivity index is 1.47. The van der Waals surface area contributed by atoms with Gasteiger partial charge in [-0.15, -0.1) is 21.5 Å². The minimum absolute atomic E-state index is 0.0451. The Morgan fingerprint density at radius 3 is 2.88 bits per heavy atom. The van der Waals surface area contributed by atoms with E-state index in [2.05, 4.69) is 26.9 Å². The Kier molecular flexibility index (Phi) is 4.31. The van der Waals surface area contributed by atoms with Gasteiger partial charge in [0, 0.05) is 17.0 Å². The van der Waals surface area contributed by atoms with Gasteiger partial charge in [0.05, 0.1) is 6.04 Å². The maximum absolute atomic E-state index is 12.7. The summed E-state index contributed by atoms with van der Waals surface area (Å²) in [4.78, 5) is 17.3. The smallest absolute Gasteiger partial charge is 0.246 e. The van der Waals surface area contributed by atoms with Crippen LogP contribution in [0.5, 0.6) is 0 Å². The molecule has 1 amide bonds. The van der Waals surface area contributed by atoms with Crippen LogP contribution in [0, 0.1) is 6.92 Å². The second kappa shape index (κ2) is 6.76. The molecule has 0 radical (unpaired) electrons. The second-order valence-electron chi connectivity index (χ2n) is 6.27. The third kappa shape index (κ3) is 3.32. The fourth-order valence-corrected chi connectivity index (χ4v) is 4.06. The Morgan fingerprint density at radius 1 is 1.28 bits per heavy atom. The molecule has 1 aliphatic heterocycles. The number of hydrogen-bond acceptors (Lipinski definition) is 5. The molecular formula is C18H19N5OS. The Bertz CT molecular complexity index is 856. The van der Waals surface area contributed by atoms with Crippen LogP contribution in [0.15, 0.2) is 41.8 Å². The zero-order valence-electron chi connectivity index (χ0n) is 14.0. The van der Waals surface area contributed by atoms with Gasteiger partial charge in [-0.1, -0.05) is 35.9 Å². The molecule has 1 aromatic carbocycles. The molecule has 3 aromatic rings. The number of thiophene rings is 1. The lowest BCUT2D eigenvalue weighted by molar-refractivity contribution is -0.133. The predicted octanol–water partition coefficient (Wildman–Crippen LogP) is 3.07. The van der Waals surface area contributed by atoms with Crippen molar-refractivity contribution >= 4 is 17.2 Å². The van der Waals surface area contributed by atoms with E-state index in [1.165, 1.54) is 15.2 Å². The molecule has 1 aliphatic rings. The van der Waals surface area contributed by atoms with Crippen LogP contribution >= 0.6 is 11.3 Å². The summed E-state index contributed by atoms with van der Waals surface area (Å²) >= 11 is 1.71. The number of rotatable bonds is 4. The third-order valence-electron chi connectivity index (χ3n) is 4.48. The van der Waals surface area contributed by atoms with Gasteiger partial charge in [-0.05, 0) is 36.4 Å². The van der Waals surface area contributed by atoms with E-state index in [-0.39, 0.29) is 18.5 Å². The van der Waals surface area contributed by atoms with Crippen molar-refractivity contribution in [2.24, 2.45) is 0 Å². The highest BCUT2D eigenvalue weighted by Crippen LogP contribution is 2.34. The molecule has 4 rings (SSSR count). The van der Waals surface area contributed by atoms with Crippen LogP contribution in [0.4, 0.5) is 0 Å². The summed E-state index contributed by atoms with van der Waals surface area (Å²) in [7, 11) is 0. The van der Waals surface area contributed by atoms with Gasteiger partial charge >= 0.3 is 0 Å². The SMILES string of the molecule is Cc1ccc(-c2nnn(CC(=O)N3CCC[C@@H]3c3cccs3)n2)cc1. The topological polar surface area (TPSA) is 63.9 Å². The van der Waals surface area contributed by atoms with Gasteiger partial charge in [-0.3, -0.25) is 4.79 Å². The van der Waals surface area contributed by atoms with E-state index in [9.17, 15) is 4.79 Å². The second-order valence-corrected chi connectivity index (χ2v) is 7.25. The molecule has 3 heterocycles. The molecule has 128 valence electrons. The molecule has 0 bridgehead atoms. The van der Waals surface area contributed by atoms with Crippen LogP contribution in [0.3, 0.4) is 0 Å². The van der Waals surface area contributed by atoms with Gasteiger partial charge in [0.15, 0.2) is 0 Å². The largest absolute Gasteiger partial charge is 0.333 e. The van der Waals surface area contributed by atoms with E-state index in [4.69, 9.17) is 0 Å². The zero-order valence-corrected chi connectivity index (χ0v) is 14.8. The van der Waals surface area contributed by atoms with Crippen LogP contribution in [0.25, 0.3) is 11.4 Å². The number of aryl methyl sites for hydroxylation is 1. The van der Waals surface area contributed by atoms with Gasteiger partial charge in [0.25, 0.3) is 0 Å². The molecule has 0 spiro atoms. The van der Waals surface area contributed by atoms with E-state index in [1.807, 2.05) is 42.2 Å². The Hall–Kier alpha value is -2.54. The predicted molar refractivity (Wildman–Crippen MR) is 96.0 cm³/mol. The van der Waals surface area contributed by atoms with Crippen molar-refractivity contribution in [3.05, 3.63) is 52.2 Å². The summed E-state index contributed by atoms with van der Waals surface area (Å²) in [5, 5.41) is 14.5. The lowest BCUT2D eigenvalue weighted by Gasteiger charge is -2.23. The summed E-state index contributed by atoms with van der Waals surface area (Å²) in [6.45, 7) is 2.95. The Labute approximate surface area is 150 Å². The normalized spacial score (nSPS) is 17.2. The summed E-state index contributed by atoms with van der Waals surface area (Å²) in [6, 6.07) is 12.3. The van der Waals surface area contributed by atoms with Gasteiger partial charge in [0.2, 0.25) is 11.7 Å². The first-order valence-corrected chi connectivity index (χ1v) is 9.26. The van der Waals surface area contributed by atoms with Crippen LogP contribution in [-0.4, -0.2) is 37.6 Å². The van der Waals surface area contributed by atoms with E-state index < -0.39 is 0 Å². The fraction of sp³-hybridized carbons (Fsp3) is 0.333. The molecule has 1 fully saturated rings. The van der Waals surface area contributed by atoms with Crippen molar-refractivity contribution in [1.82, 2.24) is 25.1 Å². The first-order chi connectivity index (χ1) is 12.2. The average Bonchev–Trinajstić information content (AvgIpc) is 3.36. The maximum Gasteiger partial charge on any atom is 0.246 e. The molecule has 1 atom stereocenters. The van der Waals surface area contributed by atoms with E-state index in [1.54, 1.807) is 11.3 Å². The molecule has 0 aliphatic carbocycles. The molecule has 25 heavy (non-hydrogen) atoms. The van der Waals surface area contributed by atoms with Gasteiger partial charge in [-0.2, -0.15) is 4.80 Å². The zero-order chi connectivity index (χ0) is 17.2.